The Morgan fingerprint density at radius 3 is 1.85 bits per heavy atom. The Bertz CT molecular complexity index is 856. The van der Waals surface area contributed by atoms with Crippen molar-refractivity contribution in [1.82, 2.24) is 0 Å². The van der Waals surface area contributed by atoms with Gasteiger partial charge in [0.1, 0.15) is 12.4 Å². The fraction of sp³-hybridized carbons (Fsp3) is 0.167. The molecule has 0 aliphatic rings. The van der Waals surface area contributed by atoms with E-state index in [1.165, 1.54) is 0 Å². The van der Waals surface area contributed by atoms with Crippen molar-refractivity contribution >= 4 is 11.1 Å². The van der Waals surface area contributed by atoms with Gasteiger partial charge in [-0.2, -0.15) is 0 Å². The molecule has 3 aromatic carbocycles. The lowest BCUT2D eigenvalue weighted by Gasteiger charge is -2.17. The molecule has 138 valence electrons. The topological polar surface area (TPSA) is 55.5 Å². The SMILES string of the molecule is NCCOc1ccc(/C(=C(/CCO)c2ccccc2)c2ccccc2)cc1. The van der Waals surface area contributed by atoms with Gasteiger partial charge in [0.2, 0.25) is 0 Å². The van der Waals surface area contributed by atoms with E-state index in [4.69, 9.17) is 10.5 Å². The molecule has 3 heteroatoms. The molecular formula is C24H25NO2. The van der Waals surface area contributed by atoms with Crippen molar-refractivity contribution in [3.63, 3.8) is 0 Å². The molecule has 0 atom stereocenters. The number of nitrogens with two attached hydrogens (primary N) is 1. The zero-order chi connectivity index (χ0) is 18.9. The van der Waals surface area contributed by atoms with Gasteiger partial charge in [0.15, 0.2) is 0 Å². The lowest BCUT2D eigenvalue weighted by molar-refractivity contribution is 0.305. The summed E-state index contributed by atoms with van der Waals surface area (Å²) >= 11 is 0. The molecule has 3 N–H and O–H groups in total. The van der Waals surface area contributed by atoms with Crippen LogP contribution >= 0.6 is 0 Å². The molecule has 0 saturated carbocycles. The third-order valence-corrected chi connectivity index (χ3v) is 4.38. The van der Waals surface area contributed by atoms with Gasteiger partial charge in [-0.15, -0.1) is 0 Å². The minimum Gasteiger partial charge on any atom is -0.492 e. The molecule has 0 bridgehead atoms. The number of aliphatic hydroxyl groups excluding tert-OH is 1. The molecular weight excluding hydrogens is 334 g/mol. The summed E-state index contributed by atoms with van der Waals surface area (Å²) in [7, 11) is 0. The van der Waals surface area contributed by atoms with Crippen molar-refractivity contribution in [2.45, 2.75) is 6.42 Å². The fourth-order valence-corrected chi connectivity index (χ4v) is 3.18. The quantitative estimate of drug-likeness (QED) is 0.587. The summed E-state index contributed by atoms with van der Waals surface area (Å²) in [4.78, 5) is 0. The number of ether oxygens (including phenoxy) is 1. The van der Waals surface area contributed by atoms with Crippen LogP contribution in [0, 0.1) is 0 Å². The molecule has 0 aliphatic carbocycles. The van der Waals surface area contributed by atoms with Gasteiger partial charge in [-0.25, -0.2) is 0 Å². The van der Waals surface area contributed by atoms with Gasteiger partial charge in [-0.3, -0.25) is 0 Å². The van der Waals surface area contributed by atoms with Crippen LogP contribution in [0.2, 0.25) is 0 Å². The van der Waals surface area contributed by atoms with Crippen LogP contribution in [0.1, 0.15) is 23.1 Å². The highest BCUT2D eigenvalue weighted by Crippen LogP contribution is 2.34. The second-order valence-electron chi connectivity index (χ2n) is 6.22. The minimum atomic E-state index is 0.0955. The number of rotatable bonds is 8. The molecule has 0 spiro atoms. The predicted molar refractivity (Wildman–Crippen MR) is 111 cm³/mol. The van der Waals surface area contributed by atoms with Crippen LogP contribution < -0.4 is 10.5 Å². The Morgan fingerprint density at radius 1 is 0.741 bits per heavy atom. The first kappa shape index (κ1) is 18.9. The Hall–Kier alpha value is -2.88. The van der Waals surface area contributed by atoms with Crippen molar-refractivity contribution < 1.29 is 9.84 Å². The second-order valence-corrected chi connectivity index (χ2v) is 6.22. The molecule has 3 aromatic rings. The molecule has 3 rings (SSSR count). The summed E-state index contributed by atoms with van der Waals surface area (Å²) in [6.07, 6.45) is 0.583. The number of aliphatic hydroxyl groups is 1. The van der Waals surface area contributed by atoms with Gasteiger partial charge in [0, 0.05) is 13.2 Å². The first-order valence-corrected chi connectivity index (χ1v) is 9.21. The van der Waals surface area contributed by atoms with Crippen LogP contribution in [0.4, 0.5) is 0 Å². The lowest BCUT2D eigenvalue weighted by atomic mass is 9.88. The molecule has 0 fully saturated rings. The van der Waals surface area contributed by atoms with Crippen molar-refractivity contribution in [2.24, 2.45) is 5.73 Å². The normalized spacial score (nSPS) is 11.8. The van der Waals surface area contributed by atoms with Crippen LogP contribution in [0.25, 0.3) is 11.1 Å². The standard InChI is InChI=1S/C24H25NO2/c25-16-18-27-22-13-11-21(12-14-22)24(20-9-5-2-6-10-20)23(15-17-26)19-7-3-1-4-8-19/h1-14,26H,15-18,25H2/b24-23-. The van der Waals surface area contributed by atoms with Crippen LogP contribution in [0.5, 0.6) is 5.75 Å². The van der Waals surface area contributed by atoms with Crippen molar-refractivity contribution in [1.29, 1.82) is 0 Å². The Labute approximate surface area is 160 Å². The molecule has 0 aliphatic heterocycles. The number of hydrogen-bond donors (Lipinski definition) is 2. The van der Waals surface area contributed by atoms with E-state index in [0.29, 0.717) is 19.6 Å². The first-order valence-electron chi connectivity index (χ1n) is 9.21. The molecule has 0 saturated heterocycles. The summed E-state index contributed by atoms with van der Waals surface area (Å²) in [6.45, 7) is 1.09. The average Bonchev–Trinajstić information content (AvgIpc) is 2.74. The maximum Gasteiger partial charge on any atom is 0.119 e. The molecule has 0 radical (unpaired) electrons. The Morgan fingerprint density at radius 2 is 1.30 bits per heavy atom. The maximum absolute atomic E-state index is 9.72. The lowest BCUT2D eigenvalue weighted by Crippen LogP contribution is -2.10. The zero-order valence-electron chi connectivity index (χ0n) is 15.3. The van der Waals surface area contributed by atoms with Gasteiger partial charge in [-0.05, 0) is 46.4 Å². The Balaban J connectivity index is 2.13. The van der Waals surface area contributed by atoms with E-state index in [-0.39, 0.29) is 6.61 Å². The van der Waals surface area contributed by atoms with Crippen molar-refractivity contribution in [3.05, 3.63) is 102 Å². The highest BCUT2D eigenvalue weighted by atomic mass is 16.5. The third kappa shape index (κ3) is 4.85. The van der Waals surface area contributed by atoms with E-state index in [2.05, 4.69) is 36.4 Å². The minimum absolute atomic E-state index is 0.0955. The Kier molecular flexibility index (Phi) is 6.80. The molecule has 0 unspecified atom stereocenters. The molecule has 0 heterocycles. The highest BCUT2D eigenvalue weighted by Gasteiger charge is 2.14. The van der Waals surface area contributed by atoms with Gasteiger partial charge in [0.25, 0.3) is 0 Å². The molecule has 27 heavy (non-hydrogen) atoms. The highest BCUT2D eigenvalue weighted by molar-refractivity contribution is 5.98. The predicted octanol–water partition coefficient (Wildman–Crippen LogP) is 4.37. The van der Waals surface area contributed by atoms with E-state index in [9.17, 15) is 5.11 Å². The summed E-state index contributed by atoms with van der Waals surface area (Å²) < 4.78 is 5.61. The van der Waals surface area contributed by atoms with Gasteiger partial charge in [0.05, 0.1) is 0 Å². The van der Waals surface area contributed by atoms with Crippen LogP contribution in [-0.2, 0) is 0 Å². The zero-order valence-corrected chi connectivity index (χ0v) is 15.3. The number of hydrogen-bond acceptors (Lipinski definition) is 3. The van der Waals surface area contributed by atoms with Gasteiger partial charge < -0.3 is 15.6 Å². The van der Waals surface area contributed by atoms with Crippen molar-refractivity contribution in [2.75, 3.05) is 19.8 Å². The maximum atomic E-state index is 9.72. The fourth-order valence-electron chi connectivity index (χ4n) is 3.18. The van der Waals surface area contributed by atoms with E-state index >= 15 is 0 Å². The van der Waals surface area contributed by atoms with E-state index in [1.807, 2.05) is 48.5 Å². The molecule has 0 aromatic heterocycles. The van der Waals surface area contributed by atoms with Gasteiger partial charge >= 0.3 is 0 Å². The van der Waals surface area contributed by atoms with E-state index in [1.54, 1.807) is 0 Å². The largest absolute Gasteiger partial charge is 0.492 e. The second kappa shape index (κ2) is 9.72. The monoisotopic (exact) mass is 359 g/mol. The van der Waals surface area contributed by atoms with Crippen LogP contribution in [-0.4, -0.2) is 24.9 Å². The molecule has 3 nitrogen and oxygen atoms in total. The summed E-state index contributed by atoms with van der Waals surface area (Å²) in [5, 5.41) is 9.72. The first-order chi connectivity index (χ1) is 13.3. The smallest absolute Gasteiger partial charge is 0.119 e. The van der Waals surface area contributed by atoms with E-state index in [0.717, 1.165) is 33.6 Å². The third-order valence-electron chi connectivity index (χ3n) is 4.38. The van der Waals surface area contributed by atoms with Crippen molar-refractivity contribution in [3.8, 4) is 5.75 Å². The van der Waals surface area contributed by atoms with E-state index < -0.39 is 0 Å². The molecule has 0 amide bonds. The summed E-state index contributed by atoms with van der Waals surface area (Å²) in [5.41, 5.74) is 11.1. The van der Waals surface area contributed by atoms with Gasteiger partial charge in [-0.1, -0.05) is 72.8 Å². The summed E-state index contributed by atoms with van der Waals surface area (Å²) in [6, 6.07) is 28.6. The average molecular weight is 359 g/mol. The van der Waals surface area contributed by atoms with Crippen LogP contribution in [0.3, 0.4) is 0 Å². The van der Waals surface area contributed by atoms with Crippen LogP contribution in [0.15, 0.2) is 84.9 Å². The number of benzene rings is 3. The summed E-state index contributed by atoms with van der Waals surface area (Å²) in [5.74, 6) is 0.806.